The Morgan fingerprint density at radius 3 is 2.53 bits per heavy atom. The van der Waals surface area contributed by atoms with Crippen molar-refractivity contribution in [3.8, 4) is 0 Å². The number of hydrogen-bond acceptors (Lipinski definition) is 1. The molecule has 0 unspecified atom stereocenters. The summed E-state index contributed by atoms with van der Waals surface area (Å²) >= 11 is 3.48. The van der Waals surface area contributed by atoms with Gasteiger partial charge in [0, 0.05) is 10.9 Å². The monoisotopic (exact) mass is 272 g/mol. The van der Waals surface area contributed by atoms with Gasteiger partial charge in [-0.1, -0.05) is 48.0 Å². The van der Waals surface area contributed by atoms with Gasteiger partial charge in [-0.05, 0) is 25.8 Å². The van der Waals surface area contributed by atoms with Gasteiger partial charge in [0.1, 0.15) is 12.4 Å². The molecule has 0 radical (unpaired) electrons. The van der Waals surface area contributed by atoms with E-state index in [9.17, 15) is 0 Å². The van der Waals surface area contributed by atoms with Crippen LogP contribution in [0.5, 0.6) is 0 Å². The van der Waals surface area contributed by atoms with Crippen LogP contribution in [0.2, 0.25) is 0 Å². The van der Waals surface area contributed by atoms with Crippen molar-refractivity contribution in [3.05, 3.63) is 35.6 Å². The Hall–Kier alpha value is -0.500. The van der Waals surface area contributed by atoms with Crippen LogP contribution in [0.3, 0.4) is 0 Å². The summed E-state index contributed by atoms with van der Waals surface area (Å²) in [4.78, 5) is 0. The maximum absolute atomic E-state index is 5.71. The Balaban J connectivity index is 4.84. The summed E-state index contributed by atoms with van der Waals surface area (Å²) in [6.07, 6.45) is 6.09. The average molecular weight is 273 g/mol. The molecule has 0 aromatic rings. The van der Waals surface area contributed by atoms with Crippen LogP contribution < -0.4 is 0 Å². The van der Waals surface area contributed by atoms with E-state index in [0.717, 1.165) is 23.9 Å². The summed E-state index contributed by atoms with van der Waals surface area (Å²) in [5, 5.41) is 0.830. The van der Waals surface area contributed by atoms with Crippen molar-refractivity contribution in [2.45, 2.75) is 33.6 Å². The van der Waals surface area contributed by atoms with Gasteiger partial charge in [0.05, 0.1) is 0 Å². The normalized spacial score (nSPS) is 13.5. The van der Waals surface area contributed by atoms with Crippen molar-refractivity contribution in [2.24, 2.45) is 0 Å². The van der Waals surface area contributed by atoms with Gasteiger partial charge in [0.2, 0.25) is 0 Å². The first-order chi connectivity index (χ1) is 7.21. The molecule has 0 saturated carbocycles. The highest BCUT2D eigenvalue weighted by Crippen LogP contribution is 2.21. The summed E-state index contributed by atoms with van der Waals surface area (Å²) < 4.78 is 5.71. The number of halogens is 1. The number of alkyl halides is 1. The summed E-state index contributed by atoms with van der Waals surface area (Å²) in [6, 6.07) is 0. The zero-order valence-electron chi connectivity index (χ0n) is 9.98. The van der Waals surface area contributed by atoms with Gasteiger partial charge in [0.15, 0.2) is 0 Å². The quantitative estimate of drug-likeness (QED) is 0.285. The Bertz CT molecular complexity index is 251. The Morgan fingerprint density at radius 2 is 2.13 bits per heavy atom. The molecule has 0 aromatic carbocycles. The minimum atomic E-state index is 0.570. The van der Waals surface area contributed by atoms with Crippen LogP contribution in [0, 0.1) is 0 Å². The molecule has 0 aromatic heterocycles. The van der Waals surface area contributed by atoms with E-state index >= 15 is 0 Å². The Labute approximate surface area is 102 Å². The van der Waals surface area contributed by atoms with Gasteiger partial charge in [-0.15, -0.1) is 0 Å². The Morgan fingerprint density at radius 1 is 1.47 bits per heavy atom. The molecule has 0 N–H and O–H groups in total. The lowest BCUT2D eigenvalue weighted by molar-refractivity contribution is 0.251. The number of allylic oxidation sites excluding steroid dienone is 3. The molecule has 2 heteroatoms. The van der Waals surface area contributed by atoms with E-state index in [4.69, 9.17) is 4.74 Å². The third-order valence-corrected chi connectivity index (χ3v) is 2.75. The molecule has 0 bridgehead atoms. The predicted molar refractivity (Wildman–Crippen MR) is 71.3 cm³/mol. The smallest absolute Gasteiger partial charge is 0.122 e. The van der Waals surface area contributed by atoms with E-state index in [-0.39, 0.29) is 0 Å². The van der Waals surface area contributed by atoms with Gasteiger partial charge in [-0.3, -0.25) is 0 Å². The lowest BCUT2D eigenvalue weighted by Gasteiger charge is -2.14. The summed E-state index contributed by atoms with van der Waals surface area (Å²) in [6.45, 7) is 10.6. The second kappa shape index (κ2) is 8.78. The van der Waals surface area contributed by atoms with E-state index in [2.05, 4.69) is 42.4 Å². The molecular formula is C13H21BrO. The van der Waals surface area contributed by atoms with Crippen LogP contribution >= 0.6 is 15.9 Å². The van der Waals surface area contributed by atoms with Crippen molar-refractivity contribution in [2.75, 3.05) is 11.9 Å². The van der Waals surface area contributed by atoms with Gasteiger partial charge >= 0.3 is 0 Å². The molecule has 0 aliphatic carbocycles. The molecule has 0 fully saturated rings. The molecular weight excluding hydrogens is 252 g/mol. The third-order valence-electron chi connectivity index (χ3n) is 2.14. The summed E-state index contributed by atoms with van der Waals surface area (Å²) in [5.74, 6) is 1.02. The number of rotatable bonds is 7. The van der Waals surface area contributed by atoms with Gasteiger partial charge < -0.3 is 4.74 Å². The molecule has 1 nitrogen and oxygen atoms in total. The van der Waals surface area contributed by atoms with Gasteiger partial charge in [-0.2, -0.15) is 0 Å². The molecule has 0 atom stereocenters. The lowest BCUT2D eigenvalue weighted by Crippen LogP contribution is -2.01. The SMILES string of the molecule is C=CCOC(=C(/C)CCC)/C(=C\C)CBr. The standard InChI is InChI=1S/C13H21BrO/c1-5-8-11(4)13(15-9-6-2)12(7-3)10-14/h6-7H,2,5,8-10H2,1,3-4H3/b12-7-,13-11-. The zero-order chi connectivity index (χ0) is 11.7. The van der Waals surface area contributed by atoms with Crippen LogP contribution in [0.1, 0.15) is 33.6 Å². The first-order valence-electron chi connectivity index (χ1n) is 5.36. The number of ether oxygens (including phenoxy) is 1. The topological polar surface area (TPSA) is 9.23 Å². The largest absolute Gasteiger partial charge is 0.489 e. The first-order valence-corrected chi connectivity index (χ1v) is 6.48. The fraction of sp³-hybridized carbons (Fsp3) is 0.538. The second-order valence-corrected chi connectivity index (χ2v) is 3.97. The minimum absolute atomic E-state index is 0.570. The molecule has 0 rings (SSSR count). The molecule has 0 saturated heterocycles. The Kier molecular flexibility index (Phi) is 8.49. The van der Waals surface area contributed by atoms with Crippen LogP contribution in [-0.4, -0.2) is 11.9 Å². The first kappa shape index (κ1) is 14.5. The van der Waals surface area contributed by atoms with Crippen molar-refractivity contribution >= 4 is 15.9 Å². The molecule has 86 valence electrons. The third kappa shape index (κ3) is 5.22. The van der Waals surface area contributed by atoms with E-state index in [0.29, 0.717) is 6.61 Å². The molecule has 0 aliphatic rings. The van der Waals surface area contributed by atoms with Crippen molar-refractivity contribution < 1.29 is 4.74 Å². The zero-order valence-corrected chi connectivity index (χ0v) is 11.6. The van der Waals surface area contributed by atoms with Crippen LogP contribution in [0.4, 0.5) is 0 Å². The highest BCUT2D eigenvalue weighted by atomic mass is 79.9. The van der Waals surface area contributed by atoms with E-state index < -0.39 is 0 Å². The summed E-state index contributed by atoms with van der Waals surface area (Å²) in [5.41, 5.74) is 2.52. The lowest BCUT2D eigenvalue weighted by atomic mass is 10.1. The van der Waals surface area contributed by atoms with E-state index in [1.807, 2.05) is 6.92 Å². The maximum atomic E-state index is 5.71. The molecule has 0 amide bonds. The van der Waals surface area contributed by atoms with E-state index in [1.165, 1.54) is 11.1 Å². The highest BCUT2D eigenvalue weighted by Gasteiger charge is 2.08. The van der Waals surface area contributed by atoms with Crippen LogP contribution in [0.15, 0.2) is 35.6 Å². The van der Waals surface area contributed by atoms with Crippen LogP contribution in [0.25, 0.3) is 0 Å². The minimum Gasteiger partial charge on any atom is -0.489 e. The molecule has 0 aliphatic heterocycles. The summed E-state index contributed by atoms with van der Waals surface area (Å²) in [7, 11) is 0. The van der Waals surface area contributed by atoms with Crippen molar-refractivity contribution in [1.82, 2.24) is 0 Å². The molecule has 0 heterocycles. The fourth-order valence-electron chi connectivity index (χ4n) is 1.39. The number of hydrogen-bond donors (Lipinski definition) is 0. The van der Waals surface area contributed by atoms with E-state index in [1.54, 1.807) is 6.08 Å². The average Bonchev–Trinajstić information content (AvgIpc) is 2.24. The van der Waals surface area contributed by atoms with Crippen LogP contribution in [-0.2, 0) is 4.74 Å². The fourth-order valence-corrected chi connectivity index (χ4v) is 1.97. The van der Waals surface area contributed by atoms with Gasteiger partial charge in [0.25, 0.3) is 0 Å². The van der Waals surface area contributed by atoms with Crippen molar-refractivity contribution in [1.29, 1.82) is 0 Å². The van der Waals surface area contributed by atoms with Gasteiger partial charge in [-0.25, -0.2) is 0 Å². The molecule has 0 spiro atoms. The maximum Gasteiger partial charge on any atom is 0.122 e. The highest BCUT2D eigenvalue weighted by molar-refractivity contribution is 9.09. The second-order valence-electron chi connectivity index (χ2n) is 3.41. The molecule has 15 heavy (non-hydrogen) atoms. The van der Waals surface area contributed by atoms with Crippen molar-refractivity contribution in [3.63, 3.8) is 0 Å². The predicted octanol–water partition coefficient (Wildman–Crippen LogP) is 4.60.